The Hall–Kier alpha value is -3.43. The first-order valence-corrected chi connectivity index (χ1v) is 11.2. The SMILES string of the molecule is O=[N+]([O-])c1ccc(Oc2ccc(Oc3ccccc3)cc2)c(S(=O)(=O)N2CCCC2)c1. The zero-order valence-corrected chi connectivity index (χ0v) is 17.3. The topological polar surface area (TPSA) is 99.0 Å². The number of sulfonamides is 1. The molecule has 31 heavy (non-hydrogen) atoms. The Bertz CT molecular complexity index is 1170. The van der Waals surface area contributed by atoms with Crippen LogP contribution in [0.15, 0.2) is 77.7 Å². The molecule has 3 aromatic rings. The maximum atomic E-state index is 13.1. The number of benzene rings is 3. The first-order valence-electron chi connectivity index (χ1n) is 9.73. The van der Waals surface area contributed by atoms with Crippen LogP contribution in [-0.2, 0) is 10.0 Å². The summed E-state index contributed by atoms with van der Waals surface area (Å²) in [4.78, 5) is 10.4. The molecule has 0 aliphatic carbocycles. The highest BCUT2D eigenvalue weighted by Gasteiger charge is 2.31. The van der Waals surface area contributed by atoms with Crippen LogP contribution in [0.25, 0.3) is 0 Å². The normalized spacial score (nSPS) is 14.3. The van der Waals surface area contributed by atoms with E-state index >= 15 is 0 Å². The van der Waals surface area contributed by atoms with E-state index in [1.807, 2.05) is 30.3 Å². The predicted molar refractivity (Wildman–Crippen MR) is 114 cm³/mol. The van der Waals surface area contributed by atoms with Gasteiger partial charge >= 0.3 is 0 Å². The van der Waals surface area contributed by atoms with Crippen molar-refractivity contribution >= 4 is 15.7 Å². The van der Waals surface area contributed by atoms with Gasteiger partial charge in [-0.3, -0.25) is 10.1 Å². The Morgan fingerprint density at radius 3 is 2.00 bits per heavy atom. The monoisotopic (exact) mass is 440 g/mol. The molecule has 0 radical (unpaired) electrons. The van der Waals surface area contributed by atoms with Gasteiger partial charge in [-0.1, -0.05) is 18.2 Å². The summed E-state index contributed by atoms with van der Waals surface area (Å²) >= 11 is 0. The van der Waals surface area contributed by atoms with Crippen molar-refractivity contribution in [3.05, 3.63) is 82.9 Å². The molecular weight excluding hydrogens is 420 g/mol. The summed E-state index contributed by atoms with van der Waals surface area (Å²) in [5.41, 5.74) is -0.309. The fourth-order valence-corrected chi connectivity index (χ4v) is 4.94. The van der Waals surface area contributed by atoms with Crippen LogP contribution in [0.3, 0.4) is 0 Å². The maximum Gasteiger partial charge on any atom is 0.271 e. The molecule has 1 saturated heterocycles. The molecule has 0 bridgehead atoms. The van der Waals surface area contributed by atoms with Crippen molar-refractivity contribution in [1.82, 2.24) is 4.31 Å². The summed E-state index contributed by atoms with van der Waals surface area (Å²) < 4.78 is 39.0. The summed E-state index contributed by atoms with van der Waals surface area (Å²) in [5, 5.41) is 11.2. The standard InChI is InChI=1S/C22H20N2O6S/c25-24(26)17-8-13-21(22(16-17)31(27,28)23-14-4-5-15-23)30-20-11-9-19(10-12-20)29-18-6-2-1-3-7-18/h1-3,6-13,16H,4-5,14-15H2. The number of nitro groups is 1. The van der Waals surface area contributed by atoms with E-state index in [0.29, 0.717) is 30.3 Å². The minimum absolute atomic E-state index is 0.0363. The van der Waals surface area contributed by atoms with Gasteiger partial charge in [0, 0.05) is 25.2 Å². The predicted octanol–water partition coefficient (Wildman–Crippen LogP) is 4.96. The van der Waals surface area contributed by atoms with Gasteiger partial charge in [0.25, 0.3) is 5.69 Å². The highest BCUT2D eigenvalue weighted by Crippen LogP contribution is 2.35. The van der Waals surface area contributed by atoms with E-state index in [1.165, 1.54) is 16.4 Å². The van der Waals surface area contributed by atoms with E-state index in [9.17, 15) is 18.5 Å². The molecule has 9 heteroatoms. The molecule has 3 aromatic carbocycles. The molecule has 0 N–H and O–H groups in total. The zero-order valence-electron chi connectivity index (χ0n) is 16.5. The maximum absolute atomic E-state index is 13.1. The number of hydrogen-bond donors (Lipinski definition) is 0. The van der Waals surface area contributed by atoms with Crippen LogP contribution in [0.2, 0.25) is 0 Å². The fourth-order valence-electron chi connectivity index (χ4n) is 3.29. The summed E-state index contributed by atoms with van der Waals surface area (Å²) in [6.07, 6.45) is 1.51. The van der Waals surface area contributed by atoms with E-state index in [4.69, 9.17) is 9.47 Å². The van der Waals surface area contributed by atoms with Crippen molar-refractivity contribution in [3.63, 3.8) is 0 Å². The number of rotatable bonds is 7. The van der Waals surface area contributed by atoms with Crippen LogP contribution < -0.4 is 9.47 Å². The lowest BCUT2D eigenvalue weighted by atomic mass is 10.3. The van der Waals surface area contributed by atoms with Gasteiger partial charge in [0.15, 0.2) is 0 Å². The van der Waals surface area contributed by atoms with E-state index in [1.54, 1.807) is 24.3 Å². The van der Waals surface area contributed by atoms with E-state index in [2.05, 4.69) is 0 Å². The van der Waals surface area contributed by atoms with Gasteiger partial charge in [-0.05, 0) is 55.3 Å². The second-order valence-electron chi connectivity index (χ2n) is 6.99. The molecule has 8 nitrogen and oxygen atoms in total. The van der Waals surface area contributed by atoms with E-state index in [-0.39, 0.29) is 16.3 Å². The van der Waals surface area contributed by atoms with E-state index < -0.39 is 14.9 Å². The average molecular weight is 440 g/mol. The molecule has 160 valence electrons. The Morgan fingerprint density at radius 2 is 1.39 bits per heavy atom. The Labute approximate surface area is 179 Å². The third-order valence-electron chi connectivity index (χ3n) is 4.85. The number of ether oxygens (including phenoxy) is 2. The third-order valence-corrected chi connectivity index (χ3v) is 6.77. The quantitative estimate of drug-likeness (QED) is 0.380. The van der Waals surface area contributed by atoms with Gasteiger partial charge in [-0.25, -0.2) is 8.42 Å². The molecular formula is C22H20N2O6S. The number of nitrogens with zero attached hydrogens (tertiary/aromatic N) is 2. The second-order valence-corrected chi connectivity index (χ2v) is 8.89. The second kappa shape index (κ2) is 8.75. The Morgan fingerprint density at radius 1 is 0.806 bits per heavy atom. The summed E-state index contributed by atoms with van der Waals surface area (Å²) in [6, 6.07) is 19.6. The number of non-ortho nitro benzene ring substituents is 1. The van der Waals surface area contributed by atoms with Gasteiger partial charge < -0.3 is 9.47 Å². The average Bonchev–Trinajstić information content (AvgIpc) is 3.32. The molecule has 4 rings (SSSR count). The van der Waals surface area contributed by atoms with Crippen molar-refractivity contribution in [3.8, 4) is 23.0 Å². The van der Waals surface area contributed by atoms with Crippen molar-refractivity contribution in [2.24, 2.45) is 0 Å². The molecule has 1 fully saturated rings. The molecule has 1 aliphatic rings. The number of hydrogen-bond acceptors (Lipinski definition) is 6. The smallest absolute Gasteiger partial charge is 0.271 e. The summed E-state index contributed by atoms with van der Waals surface area (Å²) in [6.45, 7) is 0.770. The minimum atomic E-state index is -3.92. The van der Waals surface area contributed by atoms with E-state index in [0.717, 1.165) is 18.9 Å². The van der Waals surface area contributed by atoms with Crippen LogP contribution in [0, 0.1) is 10.1 Å². The molecule has 0 atom stereocenters. The number of para-hydroxylation sites is 1. The fraction of sp³-hybridized carbons (Fsp3) is 0.182. The van der Waals surface area contributed by atoms with Crippen LogP contribution in [0.5, 0.6) is 23.0 Å². The summed E-state index contributed by atoms with van der Waals surface area (Å²) in [5.74, 6) is 1.69. The molecule has 0 spiro atoms. The third kappa shape index (κ3) is 4.68. The molecule has 1 aliphatic heterocycles. The first-order chi connectivity index (χ1) is 14.9. The largest absolute Gasteiger partial charge is 0.457 e. The van der Waals surface area contributed by atoms with Gasteiger partial charge in [0.05, 0.1) is 4.92 Å². The van der Waals surface area contributed by atoms with Crippen LogP contribution in [0.4, 0.5) is 5.69 Å². The molecule has 1 heterocycles. The van der Waals surface area contributed by atoms with Gasteiger partial charge in [0.2, 0.25) is 10.0 Å². The summed E-state index contributed by atoms with van der Waals surface area (Å²) in [7, 11) is -3.92. The highest BCUT2D eigenvalue weighted by molar-refractivity contribution is 7.89. The van der Waals surface area contributed by atoms with Crippen molar-refractivity contribution in [1.29, 1.82) is 0 Å². The lowest BCUT2D eigenvalue weighted by molar-refractivity contribution is -0.385. The lowest BCUT2D eigenvalue weighted by Crippen LogP contribution is -2.28. The van der Waals surface area contributed by atoms with Crippen LogP contribution in [0.1, 0.15) is 12.8 Å². The Kier molecular flexibility index (Phi) is 5.88. The molecule has 0 amide bonds. The molecule has 0 saturated carbocycles. The lowest BCUT2D eigenvalue weighted by Gasteiger charge is -2.18. The minimum Gasteiger partial charge on any atom is -0.457 e. The van der Waals surface area contributed by atoms with Crippen molar-refractivity contribution < 1.29 is 22.8 Å². The highest BCUT2D eigenvalue weighted by atomic mass is 32.2. The van der Waals surface area contributed by atoms with Gasteiger partial charge in [-0.15, -0.1) is 0 Å². The van der Waals surface area contributed by atoms with Crippen LogP contribution >= 0.6 is 0 Å². The zero-order chi connectivity index (χ0) is 21.8. The van der Waals surface area contributed by atoms with Gasteiger partial charge in [-0.2, -0.15) is 4.31 Å². The molecule has 0 aromatic heterocycles. The van der Waals surface area contributed by atoms with Crippen LogP contribution in [-0.4, -0.2) is 30.7 Å². The van der Waals surface area contributed by atoms with Gasteiger partial charge in [0.1, 0.15) is 27.9 Å². The van der Waals surface area contributed by atoms with Crippen molar-refractivity contribution in [2.75, 3.05) is 13.1 Å². The first kappa shape index (κ1) is 20.8. The number of nitro benzene ring substituents is 1. The molecule has 0 unspecified atom stereocenters. The Balaban J connectivity index is 1.61. The van der Waals surface area contributed by atoms with Crippen molar-refractivity contribution in [2.45, 2.75) is 17.7 Å².